The summed E-state index contributed by atoms with van der Waals surface area (Å²) in [5.74, 6) is -1.84. The van der Waals surface area contributed by atoms with Crippen LogP contribution in [0.1, 0.15) is 117 Å². The van der Waals surface area contributed by atoms with Gasteiger partial charge in [-0.15, -0.1) is 0 Å². The highest BCUT2D eigenvalue weighted by atomic mass is 16.6. The van der Waals surface area contributed by atoms with Gasteiger partial charge < -0.3 is 28.6 Å². The van der Waals surface area contributed by atoms with Gasteiger partial charge in [-0.25, -0.2) is 0 Å². The zero-order valence-electron chi connectivity index (χ0n) is 33.6. The topological polar surface area (TPSA) is 102 Å². The number of nitrogens with zero attached hydrogens (tertiary/aromatic N) is 1. The van der Waals surface area contributed by atoms with Gasteiger partial charge in [-0.1, -0.05) is 130 Å². The predicted molar refractivity (Wildman–Crippen MR) is 217 cm³/mol. The summed E-state index contributed by atoms with van der Waals surface area (Å²) in [5.41, 5.74) is 0. The molecule has 0 amide bonds. The molecular weight excluding hydrogens is 666 g/mol. The van der Waals surface area contributed by atoms with E-state index in [2.05, 4.69) is 62.5 Å². The van der Waals surface area contributed by atoms with Crippen LogP contribution < -0.4 is 5.11 Å². The van der Waals surface area contributed by atoms with Crippen molar-refractivity contribution in [2.75, 3.05) is 41.0 Å². The van der Waals surface area contributed by atoms with Gasteiger partial charge in [0.1, 0.15) is 12.6 Å². The van der Waals surface area contributed by atoms with Gasteiger partial charge in [0.05, 0.1) is 40.3 Å². The van der Waals surface area contributed by atoms with E-state index < -0.39 is 18.1 Å². The molecule has 8 nitrogen and oxygen atoms in total. The number of hydrogen-bond donors (Lipinski definition) is 0. The van der Waals surface area contributed by atoms with Crippen molar-refractivity contribution in [3.63, 3.8) is 0 Å². The number of allylic oxidation sites excluding steroid dienone is 16. The van der Waals surface area contributed by atoms with Crippen LogP contribution in [0, 0.1) is 0 Å². The molecule has 298 valence electrons. The van der Waals surface area contributed by atoms with Crippen LogP contribution in [0.5, 0.6) is 0 Å². The Morgan fingerprint density at radius 2 is 1.09 bits per heavy atom. The Kier molecular flexibility index (Phi) is 32.8. The molecule has 0 aromatic heterocycles. The monoisotopic (exact) mass is 738 g/mol. The maximum atomic E-state index is 12.7. The summed E-state index contributed by atoms with van der Waals surface area (Å²) in [5, 5.41) is 11.6. The molecule has 2 unspecified atom stereocenters. The summed E-state index contributed by atoms with van der Waals surface area (Å²) in [4.78, 5) is 36.7. The minimum Gasteiger partial charge on any atom is -0.544 e. The third-order valence-electron chi connectivity index (χ3n) is 8.09. The van der Waals surface area contributed by atoms with Crippen LogP contribution in [0.15, 0.2) is 97.2 Å². The first kappa shape index (κ1) is 49.2. The van der Waals surface area contributed by atoms with Crippen molar-refractivity contribution in [2.45, 2.75) is 129 Å². The Morgan fingerprint density at radius 1 is 0.585 bits per heavy atom. The van der Waals surface area contributed by atoms with E-state index in [0.717, 1.165) is 77.0 Å². The molecule has 0 saturated carbocycles. The Morgan fingerprint density at radius 3 is 1.70 bits per heavy atom. The lowest BCUT2D eigenvalue weighted by Gasteiger charge is -2.34. The van der Waals surface area contributed by atoms with E-state index in [4.69, 9.17) is 14.2 Å². The second-order valence-electron chi connectivity index (χ2n) is 13.9. The number of likely N-dealkylation sites (N-methyl/N-ethyl adjacent to an activating group) is 1. The smallest absolute Gasteiger partial charge is 0.306 e. The first-order valence-electron chi connectivity index (χ1n) is 19.8. The third-order valence-corrected chi connectivity index (χ3v) is 8.09. The molecule has 8 heteroatoms. The lowest BCUT2D eigenvalue weighted by Crippen LogP contribution is -2.55. The van der Waals surface area contributed by atoms with Crippen molar-refractivity contribution in [3.8, 4) is 0 Å². The predicted octanol–water partition coefficient (Wildman–Crippen LogP) is 9.01. The van der Waals surface area contributed by atoms with Crippen LogP contribution in [0.4, 0.5) is 0 Å². The number of ether oxygens (including phenoxy) is 3. The SMILES string of the molecule is CC/C=C/C=C/C=C/C=C/C=C/CCCCCC(=O)OCC(COCCC(C(=O)[O-])[N+](C)(C)C)OC(=O)CCCCCC/C=C/C/C=C/C/C=C/CC. The first-order valence-corrected chi connectivity index (χ1v) is 19.8. The summed E-state index contributed by atoms with van der Waals surface area (Å²) < 4.78 is 17.0. The quantitative estimate of drug-likeness (QED) is 0.0218. The van der Waals surface area contributed by atoms with Gasteiger partial charge >= 0.3 is 11.9 Å². The molecule has 0 aliphatic heterocycles. The van der Waals surface area contributed by atoms with Crippen LogP contribution >= 0.6 is 0 Å². The normalized spacial score (nSPS) is 14.1. The van der Waals surface area contributed by atoms with Crippen LogP contribution in [-0.2, 0) is 28.6 Å². The Bertz CT molecular complexity index is 1180. The van der Waals surface area contributed by atoms with Gasteiger partial charge in [-0.05, 0) is 64.2 Å². The van der Waals surface area contributed by atoms with Crippen LogP contribution in [0.25, 0.3) is 0 Å². The number of quaternary nitrogens is 1. The average molecular weight is 738 g/mol. The highest BCUT2D eigenvalue weighted by Gasteiger charge is 2.25. The summed E-state index contributed by atoms with van der Waals surface area (Å²) in [6, 6.07) is -0.742. The molecule has 0 N–H and O–H groups in total. The number of esters is 2. The first-order chi connectivity index (χ1) is 25.6. The van der Waals surface area contributed by atoms with Gasteiger partial charge in [0.2, 0.25) is 0 Å². The largest absolute Gasteiger partial charge is 0.544 e. The molecular formula is C45H71NO7. The fourth-order valence-corrected chi connectivity index (χ4v) is 5.04. The number of aliphatic carboxylic acids is 1. The van der Waals surface area contributed by atoms with Gasteiger partial charge in [0, 0.05) is 19.3 Å². The highest BCUT2D eigenvalue weighted by Crippen LogP contribution is 2.11. The molecule has 0 radical (unpaired) electrons. The molecule has 0 aliphatic rings. The van der Waals surface area contributed by atoms with Crippen LogP contribution in [0.3, 0.4) is 0 Å². The molecule has 0 saturated heterocycles. The number of carbonyl (C=O) groups is 3. The minimum atomic E-state index is -1.14. The Labute approximate surface area is 322 Å². The zero-order valence-corrected chi connectivity index (χ0v) is 33.6. The summed E-state index contributed by atoms with van der Waals surface area (Å²) in [7, 11) is 5.36. The van der Waals surface area contributed by atoms with Gasteiger partial charge in [-0.3, -0.25) is 9.59 Å². The van der Waals surface area contributed by atoms with Crippen molar-refractivity contribution in [1.82, 2.24) is 0 Å². The van der Waals surface area contributed by atoms with Gasteiger partial charge in [0.15, 0.2) is 6.10 Å². The summed E-state index contributed by atoms with van der Waals surface area (Å²) >= 11 is 0. The van der Waals surface area contributed by atoms with Gasteiger partial charge in [-0.2, -0.15) is 0 Å². The molecule has 0 aliphatic carbocycles. The number of carboxylic acid groups (broad SMARTS) is 1. The number of hydrogen-bond acceptors (Lipinski definition) is 7. The second-order valence-corrected chi connectivity index (χ2v) is 13.9. The van der Waals surface area contributed by atoms with E-state index >= 15 is 0 Å². The van der Waals surface area contributed by atoms with Crippen molar-refractivity contribution in [3.05, 3.63) is 97.2 Å². The lowest BCUT2D eigenvalue weighted by atomic mass is 10.1. The number of carboxylic acids is 1. The summed E-state index contributed by atoms with van der Waals surface area (Å²) in [6.45, 7) is 4.29. The van der Waals surface area contributed by atoms with Crippen molar-refractivity contribution < 1.29 is 38.2 Å². The van der Waals surface area contributed by atoms with E-state index in [1.54, 1.807) is 21.1 Å². The van der Waals surface area contributed by atoms with Crippen LogP contribution in [-0.4, -0.2) is 75.5 Å². The molecule has 2 atom stereocenters. The molecule has 0 aromatic rings. The molecule has 0 bridgehead atoms. The molecule has 0 aromatic carbocycles. The molecule has 0 spiro atoms. The Hall–Kier alpha value is -3.75. The highest BCUT2D eigenvalue weighted by molar-refractivity contribution is 5.70. The molecule has 0 rings (SSSR count). The number of carbonyl (C=O) groups excluding carboxylic acids is 3. The fraction of sp³-hybridized carbons (Fsp3) is 0.578. The van der Waals surface area contributed by atoms with Crippen LogP contribution in [0.2, 0.25) is 0 Å². The lowest BCUT2D eigenvalue weighted by molar-refractivity contribution is -0.889. The molecule has 0 heterocycles. The van der Waals surface area contributed by atoms with E-state index in [1.807, 2.05) is 48.6 Å². The van der Waals surface area contributed by atoms with Gasteiger partial charge in [0.25, 0.3) is 0 Å². The second kappa shape index (κ2) is 35.3. The van der Waals surface area contributed by atoms with E-state index in [0.29, 0.717) is 6.42 Å². The van der Waals surface area contributed by atoms with Crippen molar-refractivity contribution in [2.24, 2.45) is 0 Å². The Balaban J connectivity index is 4.55. The maximum Gasteiger partial charge on any atom is 0.306 e. The standard InChI is InChI=1S/C45H71NO7/c1-6-8-10-12-14-16-18-20-22-24-25-27-29-31-33-35-43(47)52-40-41(39-51-38-37-42(45(49)50)46(3,4)5)53-44(48)36-34-32-30-28-26-23-21-19-17-15-13-11-9-7-2/h8-12,14-18,20-25,41-42H,6-7,13,19,26-40H2,1-5H3/b10-8+,11-9+,14-12+,17-15+,18-16+,22-20+,23-21+,25-24+. The minimum absolute atomic E-state index is 0.0104. The van der Waals surface area contributed by atoms with E-state index in [-0.39, 0.29) is 55.5 Å². The summed E-state index contributed by atoms with van der Waals surface area (Å²) in [6.07, 6.45) is 45.7. The molecule has 0 fully saturated rings. The molecule has 53 heavy (non-hydrogen) atoms. The fourth-order valence-electron chi connectivity index (χ4n) is 5.04. The van der Waals surface area contributed by atoms with Crippen molar-refractivity contribution >= 4 is 17.9 Å². The maximum absolute atomic E-state index is 12.7. The number of unbranched alkanes of at least 4 members (excludes halogenated alkanes) is 7. The van der Waals surface area contributed by atoms with E-state index in [1.165, 1.54) is 0 Å². The van der Waals surface area contributed by atoms with Crippen molar-refractivity contribution in [1.29, 1.82) is 0 Å². The zero-order chi connectivity index (χ0) is 39.3. The van der Waals surface area contributed by atoms with E-state index in [9.17, 15) is 19.5 Å². The number of rotatable bonds is 33. The third kappa shape index (κ3) is 33.8. The average Bonchev–Trinajstić information content (AvgIpc) is 3.11.